The highest BCUT2D eigenvalue weighted by molar-refractivity contribution is 5.89. The number of nitriles is 1. The number of rotatable bonds is 7. The van der Waals surface area contributed by atoms with Crippen LogP contribution in [0.25, 0.3) is 6.08 Å². The van der Waals surface area contributed by atoms with Crippen LogP contribution in [-0.4, -0.2) is 37.1 Å². The van der Waals surface area contributed by atoms with E-state index >= 15 is 0 Å². The fourth-order valence-corrected chi connectivity index (χ4v) is 3.68. The van der Waals surface area contributed by atoms with E-state index in [0.717, 1.165) is 31.5 Å². The van der Waals surface area contributed by atoms with E-state index in [1.807, 2.05) is 12.1 Å². The summed E-state index contributed by atoms with van der Waals surface area (Å²) in [4.78, 5) is 26.3. The molecule has 2 aliphatic rings. The Morgan fingerprint density at radius 3 is 2.45 bits per heavy atom. The molecule has 0 bridgehead atoms. The van der Waals surface area contributed by atoms with E-state index in [4.69, 9.17) is 4.74 Å². The van der Waals surface area contributed by atoms with Crippen molar-refractivity contribution in [3.63, 3.8) is 0 Å². The molecule has 6 heteroatoms. The number of carbonyl (C=O) groups excluding carboxylic acids is 2. The molecule has 1 aliphatic carbocycles. The molecule has 3 rings (SSSR count). The topological polar surface area (TPSA) is 82.4 Å². The van der Waals surface area contributed by atoms with Crippen LogP contribution in [0.2, 0.25) is 0 Å². The number of nitrogens with one attached hydrogen (secondary N) is 1. The number of ether oxygens (including phenoxy) is 1. The molecular formula is C23H29N3O3. The van der Waals surface area contributed by atoms with E-state index in [0.29, 0.717) is 0 Å². The van der Waals surface area contributed by atoms with Crippen LogP contribution in [0.4, 0.5) is 5.69 Å². The number of anilines is 1. The monoisotopic (exact) mass is 395 g/mol. The largest absolute Gasteiger partial charge is 0.452 e. The van der Waals surface area contributed by atoms with Crippen molar-refractivity contribution in [1.29, 1.82) is 5.26 Å². The summed E-state index contributed by atoms with van der Waals surface area (Å²) in [7, 11) is 0. The van der Waals surface area contributed by atoms with Gasteiger partial charge in [0.15, 0.2) is 6.61 Å². The fraction of sp³-hybridized carbons (Fsp3) is 0.522. The standard InChI is InChI=1S/C23H29N3O3/c1-23(17-24,19-9-10-19)25-21(27)16-29-22(28)13-8-18-6-11-20(12-7-18)26-14-4-2-3-5-15-26/h6-8,11-13,19H,2-5,9-10,14-16H2,1H3,(H,25,27)/b13-8+/t23-/m0/s1. The lowest BCUT2D eigenvalue weighted by atomic mass is 9.98. The lowest BCUT2D eigenvalue weighted by Gasteiger charge is -2.22. The van der Waals surface area contributed by atoms with E-state index in [2.05, 4.69) is 28.4 Å². The third kappa shape index (κ3) is 6.08. The number of hydrogen-bond acceptors (Lipinski definition) is 5. The average Bonchev–Trinajstić information content (AvgIpc) is 3.58. The van der Waals surface area contributed by atoms with Gasteiger partial charge in [0.2, 0.25) is 0 Å². The van der Waals surface area contributed by atoms with E-state index in [-0.39, 0.29) is 12.5 Å². The molecule has 1 aromatic rings. The van der Waals surface area contributed by atoms with Gasteiger partial charge in [0.25, 0.3) is 5.91 Å². The molecule has 29 heavy (non-hydrogen) atoms. The third-order valence-corrected chi connectivity index (χ3v) is 5.65. The van der Waals surface area contributed by atoms with Gasteiger partial charge >= 0.3 is 5.97 Å². The van der Waals surface area contributed by atoms with Crippen LogP contribution < -0.4 is 10.2 Å². The van der Waals surface area contributed by atoms with Crippen LogP contribution in [0.1, 0.15) is 51.0 Å². The normalized spacial score (nSPS) is 19.1. The summed E-state index contributed by atoms with van der Waals surface area (Å²) >= 11 is 0. The minimum absolute atomic E-state index is 0.185. The average molecular weight is 396 g/mol. The lowest BCUT2D eigenvalue weighted by Crippen LogP contribution is -2.48. The minimum atomic E-state index is -0.881. The number of nitrogens with zero attached hydrogens (tertiary/aromatic N) is 2. The molecule has 1 amide bonds. The second-order valence-corrected chi connectivity index (χ2v) is 8.07. The van der Waals surface area contributed by atoms with Gasteiger partial charge in [-0.15, -0.1) is 0 Å². The molecule has 1 N–H and O–H groups in total. The fourth-order valence-electron chi connectivity index (χ4n) is 3.68. The molecule has 0 unspecified atom stereocenters. The summed E-state index contributed by atoms with van der Waals surface area (Å²) in [6.45, 7) is 3.50. The molecule has 1 heterocycles. The summed E-state index contributed by atoms with van der Waals surface area (Å²) in [6, 6.07) is 10.2. The van der Waals surface area contributed by atoms with E-state index in [9.17, 15) is 14.9 Å². The maximum atomic E-state index is 12.0. The zero-order chi connectivity index (χ0) is 20.7. The van der Waals surface area contributed by atoms with Crippen LogP contribution >= 0.6 is 0 Å². The Bertz CT molecular complexity index is 785. The maximum absolute atomic E-state index is 12.0. The third-order valence-electron chi connectivity index (χ3n) is 5.65. The highest BCUT2D eigenvalue weighted by Crippen LogP contribution is 2.39. The summed E-state index contributed by atoms with van der Waals surface area (Å²) < 4.78 is 4.99. The van der Waals surface area contributed by atoms with E-state index < -0.39 is 17.4 Å². The zero-order valence-corrected chi connectivity index (χ0v) is 17.0. The van der Waals surface area contributed by atoms with Gasteiger partial charge in [-0.05, 0) is 62.3 Å². The predicted molar refractivity (Wildman–Crippen MR) is 112 cm³/mol. The van der Waals surface area contributed by atoms with Crippen molar-refractivity contribution in [1.82, 2.24) is 5.32 Å². The summed E-state index contributed by atoms with van der Waals surface area (Å²) in [5.41, 5.74) is 1.23. The van der Waals surface area contributed by atoms with Crippen LogP contribution in [0.5, 0.6) is 0 Å². The molecule has 0 radical (unpaired) electrons. The molecule has 1 aromatic carbocycles. The van der Waals surface area contributed by atoms with Crippen molar-refractivity contribution in [2.45, 2.75) is 51.0 Å². The highest BCUT2D eigenvalue weighted by Gasteiger charge is 2.43. The van der Waals surface area contributed by atoms with E-state index in [1.54, 1.807) is 13.0 Å². The molecule has 1 atom stereocenters. The van der Waals surface area contributed by atoms with Gasteiger partial charge in [0.05, 0.1) is 6.07 Å². The predicted octanol–water partition coefficient (Wildman–Crippen LogP) is 3.43. The van der Waals surface area contributed by atoms with Gasteiger partial charge in [-0.1, -0.05) is 25.0 Å². The number of amides is 1. The summed E-state index contributed by atoms with van der Waals surface area (Å²) in [5, 5.41) is 11.9. The van der Waals surface area contributed by atoms with Gasteiger partial charge < -0.3 is 15.0 Å². The van der Waals surface area contributed by atoms with E-state index in [1.165, 1.54) is 37.4 Å². The van der Waals surface area contributed by atoms with Crippen molar-refractivity contribution in [2.75, 3.05) is 24.6 Å². The van der Waals surface area contributed by atoms with Gasteiger partial charge in [0, 0.05) is 24.9 Å². The van der Waals surface area contributed by atoms with Crippen molar-refractivity contribution < 1.29 is 14.3 Å². The molecular weight excluding hydrogens is 366 g/mol. The first-order chi connectivity index (χ1) is 14.0. The van der Waals surface area contributed by atoms with Gasteiger partial charge in [-0.25, -0.2) is 4.79 Å². The Hall–Kier alpha value is -2.81. The van der Waals surface area contributed by atoms with Gasteiger partial charge in [-0.2, -0.15) is 5.26 Å². The van der Waals surface area contributed by atoms with Crippen LogP contribution in [0.15, 0.2) is 30.3 Å². The molecule has 154 valence electrons. The van der Waals surface area contributed by atoms with Crippen LogP contribution in [0, 0.1) is 17.2 Å². The van der Waals surface area contributed by atoms with Gasteiger partial charge in [-0.3, -0.25) is 4.79 Å². The smallest absolute Gasteiger partial charge is 0.331 e. The molecule has 2 fully saturated rings. The number of carbonyl (C=O) groups is 2. The SMILES string of the molecule is C[C@@](C#N)(NC(=O)COC(=O)/C=C/c1ccc(N2CCCCCC2)cc1)C1CC1. The van der Waals surface area contributed by atoms with Crippen LogP contribution in [0.3, 0.4) is 0 Å². The Morgan fingerprint density at radius 2 is 1.86 bits per heavy atom. The second-order valence-electron chi connectivity index (χ2n) is 8.07. The second kappa shape index (κ2) is 9.60. The number of hydrogen-bond donors (Lipinski definition) is 1. The number of esters is 1. The quantitative estimate of drug-likeness (QED) is 0.565. The zero-order valence-electron chi connectivity index (χ0n) is 17.0. The minimum Gasteiger partial charge on any atom is -0.452 e. The number of benzene rings is 1. The molecule has 1 saturated heterocycles. The Kier molecular flexibility index (Phi) is 6.92. The van der Waals surface area contributed by atoms with Crippen molar-refractivity contribution in [3.8, 4) is 6.07 Å². The van der Waals surface area contributed by atoms with Crippen LogP contribution in [-0.2, 0) is 14.3 Å². The Balaban J connectivity index is 1.45. The Labute approximate surface area is 172 Å². The van der Waals surface area contributed by atoms with Gasteiger partial charge in [0.1, 0.15) is 5.54 Å². The highest BCUT2D eigenvalue weighted by atomic mass is 16.5. The molecule has 1 aliphatic heterocycles. The summed E-state index contributed by atoms with van der Waals surface area (Å²) in [5.74, 6) is -0.851. The molecule has 0 aromatic heterocycles. The first kappa shape index (κ1) is 20.9. The summed E-state index contributed by atoms with van der Waals surface area (Å²) in [6.07, 6.45) is 9.92. The van der Waals surface area contributed by atoms with Crippen molar-refractivity contribution in [3.05, 3.63) is 35.9 Å². The first-order valence-electron chi connectivity index (χ1n) is 10.4. The molecule has 1 saturated carbocycles. The lowest BCUT2D eigenvalue weighted by molar-refractivity contribution is -0.144. The van der Waals surface area contributed by atoms with Crippen molar-refractivity contribution >= 4 is 23.6 Å². The molecule has 0 spiro atoms. The maximum Gasteiger partial charge on any atom is 0.331 e. The first-order valence-corrected chi connectivity index (χ1v) is 10.4. The molecule has 6 nitrogen and oxygen atoms in total. The van der Waals surface area contributed by atoms with Crippen molar-refractivity contribution in [2.24, 2.45) is 5.92 Å². The Morgan fingerprint density at radius 1 is 1.21 bits per heavy atom.